The summed E-state index contributed by atoms with van der Waals surface area (Å²) in [4.78, 5) is 35.5. The molecule has 0 fully saturated rings. The first-order valence-electron chi connectivity index (χ1n) is 30.0. The Morgan fingerprint density at radius 1 is 0.432 bits per heavy atom. The predicted octanol–water partition coefficient (Wildman–Crippen LogP) is 18.8. The Bertz CT molecular complexity index is 1570. The van der Waals surface area contributed by atoms with Gasteiger partial charge in [0.05, 0.1) is 27.7 Å². The number of hydrogen-bond acceptors (Lipinski definition) is 7. The second kappa shape index (κ2) is 54.7. The summed E-state index contributed by atoms with van der Waals surface area (Å²) < 4.78 is 34.5. The Labute approximate surface area is 455 Å². The molecule has 0 aliphatic carbocycles. The molecule has 0 aliphatic heterocycles. The van der Waals surface area contributed by atoms with Gasteiger partial charge in [-0.15, -0.1) is 0 Å². The van der Waals surface area contributed by atoms with E-state index in [9.17, 15) is 19.0 Å². The number of phosphoric ester groups is 1. The van der Waals surface area contributed by atoms with Crippen molar-refractivity contribution >= 4 is 19.8 Å². The first-order chi connectivity index (χ1) is 36.0. The van der Waals surface area contributed by atoms with Crippen LogP contribution in [0.4, 0.5) is 0 Å². The van der Waals surface area contributed by atoms with E-state index in [-0.39, 0.29) is 32.0 Å². The van der Waals surface area contributed by atoms with Crippen LogP contribution in [-0.2, 0) is 32.7 Å². The zero-order valence-corrected chi connectivity index (χ0v) is 49.2. The van der Waals surface area contributed by atoms with Crippen LogP contribution >= 0.6 is 7.82 Å². The predicted molar refractivity (Wildman–Crippen MR) is 316 cm³/mol. The van der Waals surface area contributed by atoms with Gasteiger partial charge in [-0.05, 0) is 89.9 Å². The van der Waals surface area contributed by atoms with E-state index in [4.69, 9.17) is 18.5 Å². The number of esters is 2. The summed E-state index contributed by atoms with van der Waals surface area (Å²) in [5.41, 5.74) is 0. The molecule has 1 N–H and O–H groups in total. The van der Waals surface area contributed by atoms with E-state index in [1.54, 1.807) is 0 Å². The fourth-order valence-corrected chi connectivity index (χ4v) is 8.72. The number of rotatable bonds is 54. The molecule has 0 bridgehead atoms. The van der Waals surface area contributed by atoms with E-state index >= 15 is 0 Å². The third-order valence-corrected chi connectivity index (χ3v) is 13.6. The molecule has 0 rings (SSSR count). The largest absolute Gasteiger partial charge is 0.472 e. The highest BCUT2D eigenvalue weighted by Crippen LogP contribution is 2.43. The van der Waals surface area contributed by atoms with Crippen molar-refractivity contribution in [2.45, 2.75) is 251 Å². The van der Waals surface area contributed by atoms with E-state index in [2.05, 4.69) is 111 Å². The minimum absolute atomic E-state index is 0.0285. The van der Waals surface area contributed by atoms with Gasteiger partial charge in [0.15, 0.2) is 6.10 Å². The van der Waals surface area contributed by atoms with Crippen molar-refractivity contribution in [1.29, 1.82) is 0 Å². The lowest BCUT2D eigenvalue weighted by atomic mass is 10.0. The van der Waals surface area contributed by atoms with E-state index in [0.717, 1.165) is 103 Å². The van der Waals surface area contributed by atoms with Crippen LogP contribution in [0.1, 0.15) is 245 Å². The highest BCUT2D eigenvalue weighted by Gasteiger charge is 2.27. The maximum absolute atomic E-state index is 12.8. The molecular formula is C64H113NO8P+. The summed E-state index contributed by atoms with van der Waals surface area (Å²) >= 11 is 0. The third-order valence-electron chi connectivity index (χ3n) is 12.6. The number of quaternary nitrogens is 1. The first kappa shape index (κ1) is 70.9. The quantitative estimate of drug-likeness (QED) is 0.0211. The number of unbranched alkanes of at least 4 members (excludes halogenated alkanes) is 24. The van der Waals surface area contributed by atoms with E-state index in [0.29, 0.717) is 17.4 Å². The number of carbonyl (C=O) groups excluding carboxylic acids is 2. The van der Waals surface area contributed by atoms with Gasteiger partial charge in [-0.2, -0.15) is 0 Å². The molecular weight excluding hydrogens is 942 g/mol. The summed E-state index contributed by atoms with van der Waals surface area (Å²) in [6.45, 7) is 4.27. The van der Waals surface area contributed by atoms with Crippen molar-refractivity contribution in [2.75, 3.05) is 47.5 Å². The summed E-state index contributed by atoms with van der Waals surface area (Å²) in [5.74, 6) is -0.808. The van der Waals surface area contributed by atoms with Crippen molar-refractivity contribution in [1.82, 2.24) is 0 Å². The molecule has 9 nitrogen and oxygen atoms in total. The van der Waals surface area contributed by atoms with Gasteiger partial charge >= 0.3 is 19.8 Å². The van der Waals surface area contributed by atoms with Crippen molar-refractivity contribution in [2.24, 2.45) is 0 Å². The molecule has 0 aliphatic rings. The minimum Gasteiger partial charge on any atom is -0.462 e. The highest BCUT2D eigenvalue weighted by atomic mass is 31.2. The molecule has 74 heavy (non-hydrogen) atoms. The second-order valence-electron chi connectivity index (χ2n) is 21.0. The fraction of sp³-hybridized carbons (Fsp3) is 0.719. The first-order valence-corrected chi connectivity index (χ1v) is 31.5. The molecule has 426 valence electrons. The van der Waals surface area contributed by atoms with Gasteiger partial charge in [-0.3, -0.25) is 18.6 Å². The number of phosphoric acid groups is 1. The SMILES string of the molecule is CC/C=C\C/C=C\C/C=C\C/C=C\C/C=C\C/C=C\C/C=C\CCCCCCCCCCCCCCCCCCCC(=O)OC(COC(=O)CCCCCCC/C=C\CCCC)COP(=O)(O)OCC[N+](C)(C)C. The van der Waals surface area contributed by atoms with E-state index in [1.165, 1.54) is 109 Å². The van der Waals surface area contributed by atoms with Gasteiger partial charge in [0, 0.05) is 12.8 Å². The molecule has 0 saturated heterocycles. The van der Waals surface area contributed by atoms with Crippen LogP contribution in [0.15, 0.2) is 97.2 Å². The Hall–Kier alpha value is -3.07. The van der Waals surface area contributed by atoms with Crippen LogP contribution in [0, 0.1) is 0 Å². The standard InChI is InChI=1S/C64H112NO8P/c1-6-8-10-12-14-16-18-19-20-21-22-23-24-25-26-27-28-29-30-31-32-33-34-35-36-37-38-39-40-41-42-43-44-45-47-49-51-53-55-57-64(67)73-62(61-72-74(68,69)71-59-58-65(3,4)5)60-70-63(66)56-54-52-50-48-46-17-15-13-11-9-7-2/h8,10,13-16,19-20,22-23,25-26,28-29,31-32,62H,6-7,9,11-12,17-18,21,24,27,30,33-61H2,1-5H3/p+1/b10-8-,15-13-,16-14-,20-19-,23-22-,26-25-,29-28-,32-31-. The van der Waals surface area contributed by atoms with Crippen molar-refractivity contribution in [3.05, 3.63) is 97.2 Å². The van der Waals surface area contributed by atoms with Crippen molar-refractivity contribution in [3.63, 3.8) is 0 Å². The Balaban J connectivity index is 3.95. The third kappa shape index (κ3) is 58.2. The minimum atomic E-state index is -4.38. The highest BCUT2D eigenvalue weighted by molar-refractivity contribution is 7.47. The summed E-state index contributed by atoms with van der Waals surface area (Å²) in [6, 6.07) is 0. The molecule has 0 aromatic carbocycles. The summed E-state index contributed by atoms with van der Waals surface area (Å²) in [5, 5.41) is 0. The summed E-state index contributed by atoms with van der Waals surface area (Å²) in [7, 11) is 1.47. The Kier molecular flexibility index (Phi) is 52.4. The number of carbonyl (C=O) groups is 2. The maximum atomic E-state index is 12.8. The monoisotopic (exact) mass is 1050 g/mol. The number of allylic oxidation sites excluding steroid dienone is 16. The number of hydrogen-bond donors (Lipinski definition) is 1. The molecule has 2 unspecified atom stereocenters. The van der Waals surface area contributed by atoms with Gasteiger partial charge < -0.3 is 18.9 Å². The average Bonchev–Trinajstić information content (AvgIpc) is 3.36. The summed E-state index contributed by atoms with van der Waals surface area (Å²) in [6.07, 6.45) is 75.1. The Morgan fingerprint density at radius 3 is 1.16 bits per heavy atom. The lowest BCUT2D eigenvalue weighted by Crippen LogP contribution is -2.37. The van der Waals surface area contributed by atoms with Crippen molar-refractivity contribution < 1.29 is 42.1 Å². The molecule has 0 aromatic heterocycles. The van der Waals surface area contributed by atoms with Gasteiger partial charge in [-0.25, -0.2) is 4.57 Å². The van der Waals surface area contributed by atoms with E-state index in [1.807, 2.05) is 21.1 Å². The molecule has 10 heteroatoms. The average molecular weight is 1060 g/mol. The lowest BCUT2D eigenvalue weighted by molar-refractivity contribution is -0.870. The van der Waals surface area contributed by atoms with E-state index < -0.39 is 26.5 Å². The van der Waals surface area contributed by atoms with Gasteiger partial charge in [0.2, 0.25) is 0 Å². The zero-order valence-electron chi connectivity index (χ0n) is 48.3. The van der Waals surface area contributed by atoms with Gasteiger partial charge in [0.1, 0.15) is 19.8 Å². The fourth-order valence-electron chi connectivity index (χ4n) is 7.98. The smallest absolute Gasteiger partial charge is 0.462 e. The molecule has 0 heterocycles. The van der Waals surface area contributed by atoms with Crippen LogP contribution in [0.3, 0.4) is 0 Å². The van der Waals surface area contributed by atoms with Crippen molar-refractivity contribution in [3.8, 4) is 0 Å². The van der Waals surface area contributed by atoms with Crippen LogP contribution < -0.4 is 0 Å². The van der Waals surface area contributed by atoms with Crippen LogP contribution in [-0.4, -0.2) is 74.9 Å². The lowest BCUT2D eigenvalue weighted by Gasteiger charge is -2.24. The van der Waals surface area contributed by atoms with Gasteiger partial charge in [0.25, 0.3) is 0 Å². The molecule has 0 amide bonds. The maximum Gasteiger partial charge on any atom is 0.472 e. The van der Waals surface area contributed by atoms with Crippen LogP contribution in [0.25, 0.3) is 0 Å². The molecule has 0 spiro atoms. The van der Waals surface area contributed by atoms with Crippen LogP contribution in [0.5, 0.6) is 0 Å². The number of likely N-dealkylation sites (N-methyl/N-ethyl adjacent to an activating group) is 1. The molecule has 0 aromatic rings. The van der Waals surface area contributed by atoms with Crippen LogP contribution in [0.2, 0.25) is 0 Å². The molecule has 0 radical (unpaired) electrons. The second-order valence-corrected chi connectivity index (χ2v) is 22.5. The molecule has 2 atom stereocenters. The Morgan fingerprint density at radius 2 is 0.770 bits per heavy atom. The zero-order chi connectivity index (χ0) is 54.2. The number of ether oxygens (including phenoxy) is 2. The molecule has 0 saturated carbocycles. The topological polar surface area (TPSA) is 108 Å². The van der Waals surface area contributed by atoms with Gasteiger partial charge in [-0.1, -0.05) is 239 Å². The number of nitrogens with zero attached hydrogens (tertiary/aromatic N) is 1. The normalized spacial score (nSPS) is 14.0.